The van der Waals surface area contributed by atoms with E-state index in [-0.39, 0.29) is 5.52 Å². The van der Waals surface area contributed by atoms with Gasteiger partial charge in [-0.05, 0) is 29.8 Å². The average Bonchev–Trinajstić information content (AvgIpc) is 2.54. The number of pyridine rings is 1. The summed E-state index contributed by atoms with van der Waals surface area (Å²) in [5, 5.41) is 0.434. The van der Waals surface area contributed by atoms with Crippen LogP contribution in [-0.4, -0.2) is 22.5 Å². The molecule has 0 N–H and O–H groups in total. The summed E-state index contributed by atoms with van der Waals surface area (Å²) >= 11 is 0. The zero-order valence-corrected chi connectivity index (χ0v) is 14.1. The lowest BCUT2D eigenvalue weighted by molar-refractivity contribution is 0.590. The molecule has 1 aromatic heterocycles. The van der Waals surface area contributed by atoms with E-state index in [1.165, 1.54) is 12.3 Å². The smallest absolute Gasteiger partial charge is 0.152 e. The minimum absolute atomic E-state index is 0.150. The average molecular weight is 346 g/mol. The van der Waals surface area contributed by atoms with Crippen LogP contribution in [0.25, 0.3) is 10.9 Å². The van der Waals surface area contributed by atoms with E-state index in [4.69, 9.17) is 0 Å². The highest BCUT2D eigenvalue weighted by Gasteiger charge is 2.12. The van der Waals surface area contributed by atoms with Gasteiger partial charge in [0.15, 0.2) is 5.82 Å². The quantitative estimate of drug-likeness (QED) is 0.719. The molecule has 124 valence electrons. The van der Waals surface area contributed by atoms with Gasteiger partial charge >= 0.3 is 0 Å². The molecule has 1 heterocycles. The van der Waals surface area contributed by atoms with Crippen LogP contribution in [0.3, 0.4) is 0 Å². The Kier molecular flexibility index (Phi) is 4.57. The molecule has 0 fully saturated rings. The molecule has 0 radical (unpaired) electrons. The number of nitrogens with zero attached hydrogens (tertiary/aromatic N) is 2. The highest BCUT2D eigenvalue weighted by Crippen LogP contribution is 2.28. The molecule has 1 atom stereocenters. The Morgan fingerprint density at radius 2 is 1.83 bits per heavy atom. The van der Waals surface area contributed by atoms with Crippen molar-refractivity contribution in [1.82, 2.24) is 4.98 Å². The van der Waals surface area contributed by atoms with Gasteiger partial charge in [-0.2, -0.15) is 0 Å². The van der Waals surface area contributed by atoms with Crippen molar-refractivity contribution in [3.05, 3.63) is 65.9 Å². The molecule has 0 aliphatic carbocycles. The van der Waals surface area contributed by atoms with Crippen LogP contribution >= 0.6 is 0 Å². The van der Waals surface area contributed by atoms with Crippen molar-refractivity contribution in [1.29, 1.82) is 0 Å². The maximum Gasteiger partial charge on any atom is 0.152 e. The fourth-order valence-corrected chi connectivity index (χ4v) is 3.16. The topological polar surface area (TPSA) is 33.2 Å². The number of fused-ring (bicyclic) bond motifs is 1. The Bertz CT molecular complexity index is 913. The zero-order chi connectivity index (χ0) is 17.3. The molecule has 0 saturated carbocycles. The van der Waals surface area contributed by atoms with Gasteiger partial charge in [-0.15, -0.1) is 0 Å². The molecular formula is C18H16F2N2OS. The molecule has 24 heavy (non-hydrogen) atoms. The van der Waals surface area contributed by atoms with Crippen molar-refractivity contribution in [3.63, 3.8) is 0 Å². The number of benzene rings is 2. The van der Waals surface area contributed by atoms with E-state index in [1.807, 2.05) is 36.2 Å². The summed E-state index contributed by atoms with van der Waals surface area (Å²) in [5.74, 6) is -1.30. The van der Waals surface area contributed by atoms with Gasteiger partial charge in [0.05, 0.1) is 0 Å². The van der Waals surface area contributed by atoms with Gasteiger partial charge in [0.2, 0.25) is 0 Å². The second-order valence-corrected chi connectivity index (χ2v) is 6.95. The molecule has 3 nitrogen and oxygen atoms in total. The van der Waals surface area contributed by atoms with Crippen LogP contribution in [0.5, 0.6) is 0 Å². The monoisotopic (exact) mass is 346 g/mol. The number of rotatable bonds is 4. The van der Waals surface area contributed by atoms with Crippen molar-refractivity contribution in [3.8, 4) is 0 Å². The molecule has 0 spiro atoms. The van der Waals surface area contributed by atoms with Crippen LogP contribution in [-0.2, 0) is 17.3 Å². The predicted molar refractivity (Wildman–Crippen MR) is 92.5 cm³/mol. The lowest BCUT2D eigenvalue weighted by Gasteiger charge is -2.21. The number of halogens is 2. The van der Waals surface area contributed by atoms with E-state index in [0.29, 0.717) is 17.6 Å². The first kappa shape index (κ1) is 16.5. The maximum absolute atomic E-state index is 13.9. The number of hydrogen-bond donors (Lipinski definition) is 0. The Labute approximate surface area is 141 Å². The van der Waals surface area contributed by atoms with E-state index in [1.54, 1.807) is 12.3 Å². The van der Waals surface area contributed by atoms with Gasteiger partial charge < -0.3 is 4.90 Å². The summed E-state index contributed by atoms with van der Waals surface area (Å²) in [4.78, 5) is 6.67. The van der Waals surface area contributed by atoms with Gasteiger partial charge in [0, 0.05) is 58.9 Å². The first-order valence-electron chi connectivity index (χ1n) is 7.33. The first-order chi connectivity index (χ1) is 11.5. The number of hydrogen-bond acceptors (Lipinski definition) is 3. The van der Waals surface area contributed by atoms with Crippen molar-refractivity contribution in [2.24, 2.45) is 0 Å². The molecule has 0 bridgehead atoms. The minimum atomic E-state index is -1.01. The molecule has 0 aliphatic rings. The van der Waals surface area contributed by atoms with Crippen LogP contribution in [0.2, 0.25) is 0 Å². The standard InChI is InChI=1S/C18H16F2N2OS/c1-22(11-12-3-5-14(6-4-12)24(2)23)17-7-8-21-18-15(17)9-13(19)10-16(18)20/h3-10H,11H2,1-2H3. The van der Waals surface area contributed by atoms with Crippen LogP contribution < -0.4 is 4.90 Å². The minimum Gasteiger partial charge on any atom is -0.370 e. The third-order valence-corrected chi connectivity index (χ3v) is 4.76. The molecule has 0 aliphatic heterocycles. The Balaban J connectivity index is 1.94. The summed E-state index contributed by atoms with van der Waals surface area (Å²) in [5.41, 5.74) is 1.85. The van der Waals surface area contributed by atoms with E-state index in [0.717, 1.165) is 16.5 Å². The molecule has 1 unspecified atom stereocenters. The van der Waals surface area contributed by atoms with Crippen LogP contribution in [0.4, 0.5) is 14.5 Å². The molecule has 2 aromatic carbocycles. The van der Waals surface area contributed by atoms with Crippen LogP contribution in [0.1, 0.15) is 5.56 Å². The highest BCUT2D eigenvalue weighted by molar-refractivity contribution is 7.84. The van der Waals surface area contributed by atoms with Gasteiger partial charge in [-0.25, -0.2) is 8.78 Å². The van der Waals surface area contributed by atoms with Crippen LogP contribution in [0, 0.1) is 11.6 Å². The van der Waals surface area contributed by atoms with Crippen molar-refractivity contribution in [2.75, 3.05) is 18.2 Å². The summed E-state index contributed by atoms with van der Waals surface area (Å²) in [7, 11) is 0.836. The molecule has 0 amide bonds. The predicted octanol–water partition coefficient (Wildman–Crippen LogP) is 3.89. The summed E-state index contributed by atoms with van der Waals surface area (Å²) in [6.45, 7) is 0.549. The SMILES string of the molecule is CN(Cc1ccc(S(C)=O)cc1)c1ccnc2c(F)cc(F)cc12. The van der Waals surface area contributed by atoms with E-state index >= 15 is 0 Å². The Hall–Kier alpha value is -2.34. The second-order valence-electron chi connectivity index (χ2n) is 5.57. The van der Waals surface area contributed by atoms with E-state index < -0.39 is 22.4 Å². The van der Waals surface area contributed by atoms with E-state index in [2.05, 4.69) is 4.98 Å². The summed E-state index contributed by atoms with van der Waals surface area (Å²) in [6, 6.07) is 11.3. The summed E-state index contributed by atoms with van der Waals surface area (Å²) < 4.78 is 38.9. The molecule has 6 heteroatoms. The first-order valence-corrected chi connectivity index (χ1v) is 8.89. The lowest BCUT2D eigenvalue weighted by atomic mass is 10.1. The fraction of sp³-hybridized carbons (Fsp3) is 0.167. The maximum atomic E-state index is 13.9. The zero-order valence-electron chi connectivity index (χ0n) is 13.3. The van der Waals surface area contributed by atoms with Crippen molar-refractivity contribution in [2.45, 2.75) is 11.4 Å². The van der Waals surface area contributed by atoms with E-state index in [9.17, 15) is 13.0 Å². The molecule has 0 saturated heterocycles. The van der Waals surface area contributed by atoms with Gasteiger partial charge in [0.25, 0.3) is 0 Å². The summed E-state index contributed by atoms with van der Waals surface area (Å²) in [6.07, 6.45) is 3.14. The molecular weight excluding hydrogens is 330 g/mol. The van der Waals surface area contributed by atoms with Gasteiger partial charge in [-0.3, -0.25) is 9.19 Å². The third kappa shape index (κ3) is 3.28. The van der Waals surface area contributed by atoms with Crippen LogP contribution in [0.15, 0.2) is 53.6 Å². The normalized spacial score (nSPS) is 12.3. The molecule has 3 rings (SSSR count). The highest BCUT2D eigenvalue weighted by atomic mass is 32.2. The largest absolute Gasteiger partial charge is 0.370 e. The van der Waals surface area contributed by atoms with Crippen molar-refractivity contribution < 1.29 is 13.0 Å². The van der Waals surface area contributed by atoms with Crippen molar-refractivity contribution >= 4 is 27.4 Å². The lowest BCUT2D eigenvalue weighted by Crippen LogP contribution is -2.17. The molecule has 3 aromatic rings. The number of anilines is 1. The van der Waals surface area contributed by atoms with Gasteiger partial charge in [-0.1, -0.05) is 12.1 Å². The fourth-order valence-electron chi connectivity index (χ4n) is 2.64. The van der Waals surface area contributed by atoms with Gasteiger partial charge in [0.1, 0.15) is 11.3 Å². The third-order valence-electron chi connectivity index (χ3n) is 3.83. The Morgan fingerprint density at radius 1 is 1.12 bits per heavy atom. The number of aromatic nitrogens is 1. The second kappa shape index (κ2) is 6.65. The Morgan fingerprint density at radius 3 is 2.50 bits per heavy atom.